The summed E-state index contributed by atoms with van der Waals surface area (Å²) in [6.45, 7) is 0.587. The molecule has 1 saturated heterocycles. The molecule has 1 aliphatic carbocycles. The molecule has 0 radical (unpaired) electrons. The van der Waals surface area contributed by atoms with Crippen molar-refractivity contribution in [1.29, 1.82) is 0 Å². The maximum Gasteiger partial charge on any atom is 0.317 e. The Morgan fingerprint density at radius 2 is 2.07 bits per heavy atom. The van der Waals surface area contributed by atoms with E-state index in [2.05, 4.69) is 0 Å². The summed E-state index contributed by atoms with van der Waals surface area (Å²) < 4.78 is 5.03. The van der Waals surface area contributed by atoms with Crippen LogP contribution in [0.4, 0.5) is 5.69 Å². The van der Waals surface area contributed by atoms with Crippen LogP contribution in [0.25, 0.3) is 0 Å². The van der Waals surface area contributed by atoms with Gasteiger partial charge in [0, 0.05) is 11.6 Å². The number of benzene rings is 1. The van der Waals surface area contributed by atoms with Crippen LogP contribution in [0, 0.1) is 5.92 Å². The first-order valence-electron chi connectivity index (χ1n) is 4.77. The van der Waals surface area contributed by atoms with Gasteiger partial charge in [-0.1, -0.05) is 12.1 Å². The van der Waals surface area contributed by atoms with E-state index in [0.29, 0.717) is 12.5 Å². The van der Waals surface area contributed by atoms with Gasteiger partial charge >= 0.3 is 5.97 Å². The first-order chi connectivity index (χ1) is 6.73. The average molecular weight is 189 g/mol. The standard InChI is InChI=1S/C11H11NO2/c12-9-3-1-7(2-4-9)11-5-8(11)6-14-10(11)13/h1-4,8H,5-6,12H2/t8-,11+/m1/s1. The fourth-order valence-corrected chi connectivity index (χ4v) is 2.34. The van der Waals surface area contributed by atoms with E-state index in [1.165, 1.54) is 0 Å². The molecule has 0 amide bonds. The van der Waals surface area contributed by atoms with Gasteiger partial charge in [-0.2, -0.15) is 0 Å². The molecule has 2 fully saturated rings. The minimum atomic E-state index is -0.312. The minimum Gasteiger partial charge on any atom is -0.465 e. The number of nitrogens with two attached hydrogens (primary N) is 1. The van der Waals surface area contributed by atoms with Crippen molar-refractivity contribution in [2.75, 3.05) is 12.3 Å². The first kappa shape index (κ1) is 7.85. The van der Waals surface area contributed by atoms with E-state index in [1.807, 2.05) is 24.3 Å². The predicted molar refractivity (Wildman–Crippen MR) is 51.6 cm³/mol. The monoisotopic (exact) mass is 189 g/mol. The number of carbonyl (C=O) groups is 1. The van der Waals surface area contributed by atoms with E-state index in [1.54, 1.807) is 0 Å². The molecule has 2 N–H and O–H groups in total. The van der Waals surface area contributed by atoms with Gasteiger partial charge in [0.15, 0.2) is 0 Å². The van der Waals surface area contributed by atoms with Crippen molar-refractivity contribution in [3.05, 3.63) is 29.8 Å². The number of ether oxygens (including phenoxy) is 1. The van der Waals surface area contributed by atoms with Crippen LogP contribution >= 0.6 is 0 Å². The van der Waals surface area contributed by atoms with Crippen LogP contribution in [0.3, 0.4) is 0 Å². The molecule has 14 heavy (non-hydrogen) atoms. The number of esters is 1. The third kappa shape index (κ3) is 0.794. The SMILES string of the molecule is Nc1ccc([C@@]23C[C@@H]2COC3=O)cc1. The largest absolute Gasteiger partial charge is 0.465 e. The lowest BCUT2D eigenvalue weighted by Crippen LogP contribution is -2.18. The number of nitrogen functional groups attached to an aromatic ring is 1. The molecule has 2 aliphatic rings. The highest BCUT2D eigenvalue weighted by Crippen LogP contribution is 2.58. The molecule has 72 valence electrons. The Balaban J connectivity index is 2.04. The summed E-state index contributed by atoms with van der Waals surface area (Å²) in [6, 6.07) is 7.54. The van der Waals surface area contributed by atoms with Gasteiger partial charge in [-0.3, -0.25) is 4.79 Å². The summed E-state index contributed by atoms with van der Waals surface area (Å²) in [5, 5.41) is 0. The molecule has 1 aromatic carbocycles. The summed E-state index contributed by atoms with van der Waals surface area (Å²) >= 11 is 0. The van der Waals surface area contributed by atoms with Crippen molar-refractivity contribution >= 4 is 11.7 Å². The van der Waals surface area contributed by atoms with Gasteiger partial charge in [-0.15, -0.1) is 0 Å². The second-order valence-electron chi connectivity index (χ2n) is 4.09. The van der Waals surface area contributed by atoms with Gasteiger partial charge in [0.25, 0.3) is 0 Å². The molecule has 0 unspecified atom stereocenters. The van der Waals surface area contributed by atoms with Crippen LogP contribution in [0.15, 0.2) is 24.3 Å². The molecule has 0 spiro atoms. The predicted octanol–water partition coefficient (Wildman–Crippen LogP) is 1.08. The van der Waals surface area contributed by atoms with Crippen LogP contribution in [0.5, 0.6) is 0 Å². The number of hydrogen-bond acceptors (Lipinski definition) is 3. The van der Waals surface area contributed by atoms with Gasteiger partial charge in [-0.05, 0) is 24.1 Å². The number of fused-ring (bicyclic) bond motifs is 1. The molecule has 1 saturated carbocycles. The van der Waals surface area contributed by atoms with Crippen LogP contribution in [-0.4, -0.2) is 12.6 Å². The van der Waals surface area contributed by atoms with Crippen LogP contribution < -0.4 is 5.73 Å². The fraction of sp³-hybridized carbons (Fsp3) is 0.364. The van der Waals surface area contributed by atoms with Gasteiger partial charge in [0.05, 0.1) is 12.0 Å². The quantitative estimate of drug-likeness (QED) is 0.531. The summed E-state index contributed by atoms with van der Waals surface area (Å²) in [7, 11) is 0. The molecule has 1 aliphatic heterocycles. The van der Waals surface area contributed by atoms with Crippen LogP contribution in [0.2, 0.25) is 0 Å². The molecular weight excluding hydrogens is 178 g/mol. The lowest BCUT2D eigenvalue weighted by atomic mass is 9.94. The lowest BCUT2D eigenvalue weighted by Gasteiger charge is -2.09. The number of cyclic esters (lactones) is 1. The molecule has 3 nitrogen and oxygen atoms in total. The molecule has 1 heterocycles. The van der Waals surface area contributed by atoms with E-state index in [0.717, 1.165) is 17.7 Å². The zero-order chi connectivity index (χ0) is 9.76. The normalized spacial score (nSPS) is 33.7. The zero-order valence-corrected chi connectivity index (χ0v) is 7.69. The van der Waals surface area contributed by atoms with E-state index < -0.39 is 0 Å². The first-order valence-corrected chi connectivity index (χ1v) is 4.77. The van der Waals surface area contributed by atoms with Crippen molar-refractivity contribution in [2.45, 2.75) is 11.8 Å². The van der Waals surface area contributed by atoms with Crippen molar-refractivity contribution in [3.63, 3.8) is 0 Å². The summed E-state index contributed by atoms with van der Waals surface area (Å²) in [4.78, 5) is 11.6. The topological polar surface area (TPSA) is 52.3 Å². The zero-order valence-electron chi connectivity index (χ0n) is 7.69. The molecule has 0 aromatic heterocycles. The van der Waals surface area contributed by atoms with Crippen molar-refractivity contribution in [3.8, 4) is 0 Å². The smallest absolute Gasteiger partial charge is 0.317 e. The summed E-state index contributed by atoms with van der Waals surface area (Å²) in [5.74, 6) is 0.339. The van der Waals surface area contributed by atoms with Crippen LogP contribution in [0.1, 0.15) is 12.0 Å². The van der Waals surface area contributed by atoms with E-state index in [-0.39, 0.29) is 11.4 Å². The number of anilines is 1. The minimum absolute atomic E-state index is 0.0627. The Labute approximate surface area is 81.9 Å². The molecule has 3 heteroatoms. The highest BCUT2D eigenvalue weighted by molar-refractivity contribution is 5.89. The Morgan fingerprint density at radius 1 is 1.36 bits per heavy atom. The third-order valence-corrected chi connectivity index (χ3v) is 3.31. The molecule has 3 rings (SSSR count). The van der Waals surface area contributed by atoms with Gasteiger partial charge in [0.2, 0.25) is 0 Å². The lowest BCUT2D eigenvalue weighted by molar-refractivity contribution is -0.142. The second kappa shape index (κ2) is 2.29. The second-order valence-corrected chi connectivity index (χ2v) is 4.09. The maximum atomic E-state index is 11.6. The molecule has 2 atom stereocenters. The average Bonchev–Trinajstić information content (AvgIpc) is 2.84. The number of rotatable bonds is 1. The van der Waals surface area contributed by atoms with Crippen molar-refractivity contribution < 1.29 is 9.53 Å². The fourth-order valence-electron chi connectivity index (χ4n) is 2.34. The highest BCUT2D eigenvalue weighted by Gasteiger charge is 2.66. The van der Waals surface area contributed by atoms with Gasteiger partial charge in [0.1, 0.15) is 0 Å². The summed E-state index contributed by atoms with van der Waals surface area (Å²) in [6.07, 6.45) is 0.940. The molecule has 0 bridgehead atoms. The van der Waals surface area contributed by atoms with Crippen molar-refractivity contribution in [1.82, 2.24) is 0 Å². The Kier molecular flexibility index (Phi) is 1.29. The third-order valence-electron chi connectivity index (χ3n) is 3.31. The number of carbonyl (C=O) groups excluding carboxylic acids is 1. The van der Waals surface area contributed by atoms with E-state index in [4.69, 9.17) is 10.5 Å². The van der Waals surface area contributed by atoms with Crippen LogP contribution in [-0.2, 0) is 14.9 Å². The summed E-state index contributed by atoms with van der Waals surface area (Å²) in [5.41, 5.74) is 7.07. The molecule has 1 aromatic rings. The van der Waals surface area contributed by atoms with Gasteiger partial charge < -0.3 is 10.5 Å². The number of hydrogen-bond donors (Lipinski definition) is 1. The van der Waals surface area contributed by atoms with E-state index in [9.17, 15) is 4.79 Å². The Morgan fingerprint density at radius 3 is 2.57 bits per heavy atom. The van der Waals surface area contributed by atoms with E-state index >= 15 is 0 Å². The Hall–Kier alpha value is -1.51. The molecular formula is C11H11NO2. The highest BCUT2D eigenvalue weighted by atomic mass is 16.5. The van der Waals surface area contributed by atoms with Gasteiger partial charge in [-0.25, -0.2) is 0 Å². The van der Waals surface area contributed by atoms with Crippen molar-refractivity contribution in [2.24, 2.45) is 5.92 Å². The Bertz CT molecular complexity index is 398. The maximum absolute atomic E-state index is 11.6.